The van der Waals surface area contributed by atoms with Crippen molar-refractivity contribution < 1.29 is 9.90 Å². The second-order valence-corrected chi connectivity index (χ2v) is 5.24. The molecule has 0 saturated heterocycles. The molecule has 0 fully saturated rings. The first kappa shape index (κ1) is 13.3. The van der Waals surface area contributed by atoms with Gasteiger partial charge in [-0.05, 0) is 29.8 Å². The second-order valence-electron chi connectivity index (χ2n) is 5.24. The van der Waals surface area contributed by atoms with E-state index in [1.165, 1.54) is 0 Å². The standard InChI is InChI=1S/C16H13N5O2/c22-10-3-1-2-9(6-10)7-17-16(23)15-11-4-5-13-12(8-18-19-13)14(11)20-21-15/h1-6,8,22H,7H2,(H,17,23)(H,18,19)(H,20,21). The van der Waals surface area contributed by atoms with Gasteiger partial charge in [-0.25, -0.2) is 0 Å². The van der Waals surface area contributed by atoms with Crippen LogP contribution in [0.2, 0.25) is 0 Å². The third-order valence-electron chi connectivity index (χ3n) is 3.74. The van der Waals surface area contributed by atoms with Crippen molar-refractivity contribution in [3.8, 4) is 5.75 Å². The van der Waals surface area contributed by atoms with E-state index in [1.807, 2.05) is 18.2 Å². The molecule has 0 aliphatic carbocycles. The van der Waals surface area contributed by atoms with Crippen molar-refractivity contribution >= 4 is 27.7 Å². The first-order valence-corrected chi connectivity index (χ1v) is 7.08. The van der Waals surface area contributed by atoms with Crippen LogP contribution in [0.25, 0.3) is 21.8 Å². The number of H-pyrrole nitrogens is 2. The van der Waals surface area contributed by atoms with Crippen LogP contribution in [-0.4, -0.2) is 31.4 Å². The Hall–Kier alpha value is -3.35. The van der Waals surface area contributed by atoms with E-state index in [1.54, 1.807) is 24.4 Å². The van der Waals surface area contributed by atoms with Gasteiger partial charge in [-0.3, -0.25) is 15.0 Å². The second kappa shape index (κ2) is 5.13. The number of aromatic hydroxyl groups is 1. The van der Waals surface area contributed by atoms with Crippen LogP contribution in [0.5, 0.6) is 5.75 Å². The number of phenolic OH excluding ortho intramolecular Hbond substituents is 1. The fourth-order valence-electron chi connectivity index (χ4n) is 2.61. The minimum atomic E-state index is -0.251. The van der Waals surface area contributed by atoms with Gasteiger partial charge in [0.15, 0.2) is 0 Å². The van der Waals surface area contributed by atoms with E-state index in [0.29, 0.717) is 17.8 Å². The number of carbonyl (C=O) groups excluding carboxylic acids is 1. The van der Waals surface area contributed by atoms with E-state index in [4.69, 9.17) is 0 Å². The number of nitrogens with zero attached hydrogens (tertiary/aromatic N) is 2. The molecule has 7 heteroatoms. The molecule has 7 nitrogen and oxygen atoms in total. The van der Waals surface area contributed by atoms with Gasteiger partial charge >= 0.3 is 0 Å². The van der Waals surface area contributed by atoms with Crippen LogP contribution >= 0.6 is 0 Å². The maximum Gasteiger partial charge on any atom is 0.270 e. The van der Waals surface area contributed by atoms with Gasteiger partial charge in [0, 0.05) is 17.3 Å². The molecular weight excluding hydrogens is 294 g/mol. The topological polar surface area (TPSA) is 107 Å². The summed E-state index contributed by atoms with van der Waals surface area (Å²) >= 11 is 0. The molecule has 2 aromatic carbocycles. The van der Waals surface area contributed by atoms with Gasteiger partial charge in [0.05, 0.1) is 11.7 Å². The maximum atomic E-state index is 12.4. The molecule has 4 aromatic rings. The molecule has 0 saturated carbocycles. The summed E-state index contributed by atoms with van der Waals surface area (Å²) in [4.78, 5) is 12.4. The van der Waals surface area contributed by atoms with Crippen LogP contribution in [0.15, 0.2) is 42.6 Å². The van der Waals surface area contributed by atoms with Gasteiger partial charge in [-0.1, -0.05) is 12.1 Å². The summed E-state index contributed by atoms with van der Waals surface area (Å²) in [5.74, 6) is -0.0789. The number of benzene rings is 2. The number of hydrogen-bond acceptors (Lipinski definition) is 4. The van der Waals surface area contributed by atoms with Crippen molar-refractivity contribution in [2.75, 3.05) is 0 Å². The normalized spacial score (nSPS) is 11.1. The molecule has 0 radical (unpaired) electrons. The van der Waals surface area contributed by atoms with Crippen LogP contribution in [0.3, 0.4) is 0 Å². The Bertz CT molecular complexity index is 1020. The zero-order valence-corrected chi connectivity index (χ0v) is 12.0. The maximum absolute atomic E-state index is 12.4. The summed E-state index contributed by atoms with van der Waals surface area (Å²) < 4.78 is 0. The van der Waals surface area contributed by atoms with E-state index in [9.17, 15) is 9.90 Å². The van der Waals surface area contributed by atoms with E-state index >= 15 is 0 Å². The summed E-state index contributed by atoms with van der Waals surface area (Å²) in [5.41, 5.74) is 2.80. The molecule has 0 spiro atoms. The molecule has 0 atom stereocenters. The number of aromatic amines is 2. The summed E-state index contributed by atoms with van der Waals surface area (Å²) in [6.07, 6.45) is 1.69. The third kappa shape index (κ3) is 2.28. The number of rotatable bonds is 3. The predicted molar refractivity (Wildman–Crippen MR) is 85.0 cm³/mol. The van der Waals surface area contributed by atoms with Gasteiger partial charge in [0.25, 0.3) is 5.91 Å². The fraction of sp³-hybridized carbons (Fsp3) is 0.0625. The highest BCUT2D eigenvalue weighted by molar-refractivity contribution is 6.12. The number of phenols is 1. The molecule has 0 aliphatic heterocycles. The molecule has 0 bridgehead atoms. The lowest BCUT2D eigenvalue weighted by atomic mass is 10.1. The van der Waals surface area contributed by atoms with Crippen LogP contribution in [-0.2, 0) is 6.54 Å². The van der Waals surface area contributed by atoms with Crippen molar-refractivity contribution in [2.45, 2.75) is 6.54 Å². The SMILES string of the molecule is O=C(NCc1cccc(O)c1)c1[nH]nc2c1ccc1[nH]ncc12. The number of amides is 1. The summed E-state index contributed by atoms with van der Waals surface area (Å²) in [6, 6.07) is 10.5. The Balaban J connectivity index is 1.62. The van der Waals surface area contributed by atoms with Gasteiger partial charge in [-0.2, -0.15) is 10.2 Å². The van der Waals surface area contributed by atoms with Crippen molar-refractivity contribution in [1.82, 2.24) is 25.7 Å². The quantitative estimate of drug-likeness (QED) is 0.465. The zero-order chi connectivity index (χ0) is 15.8. The molecule has 0 aliphatic rings. The molecule has 2 heterocycles. The van der Waals surface area contributed by atoms with Crippen LogP contribution in [0.4, 0.5) is 0 Å². The molecule has 4 rings (SSSR count). The van der Waals surface area contributed by atoms with E-state index in [-0.39, 0.29) is 11.7 Å². The minimum Gasteiger partial charge on any atom is -0.508 e. The average molecular weight is 307 g/mol. The first-order valence-electron chi connectivity index (χ1n) is 7.08. The largest absolute Gasteiger partial charge is 0.508 e. The van der Waals surface area contributed by atoms with Crippen LogP contribution in [0.1, 0.15) is 16.1 Å². The Kier molecular flexibility index (Phi) is 2.97. The number of nitrogens with one attached hydrogen (secondary N) is 3. The molecule has 4 N–H and O–H groups in total. The van der Waals surface area contributed by atoms with Gasteiger partial charge < -0.3 is 10.4 Å². The first-order chi connectivity index (χ1) is 11.2. The van der Waals surface area contributed by atoms with E-state index < -0.39 is 0 Å². The number of hydrogen-bond donors (Lipinski definition) is 4. The van der Waals surface area contributed by atoms with Gasteiger partial charge in [0.2, 0.25) is 0 Å². The van der Waals surface area contributed by atoms with Gasteiger partial charge in [-0.15, -0.1) is 0 Å². The fourth-order valence-corrected chi connectivity index (χ4v) is 2.61. The number of fused-ring (bicyclic) bond motifs is 3. The Morgan fingerprint density at radius 1 is 1.17 bits per heavy atom. The average Bonchev–Trinajstić information content (AvgIpc) is 3.18. The Labute approximate surface area is 130 Å². The predicted octanol–water partition coefficient (Wildman–Crippen LogP) is 2.07. The van der Waals surface area contributed by atoms with Crippen LogP contribution in [0, 0.1) is 0 Å². The lowest BCUT2D eigenvalue weighted by Gasteiger charge is -2.04. The van der Waals surface area contributed by atoms with Crippen molar-refractivity contribution in [2.24, 2.45) is 0 Å². The lowest BCUT2D eigenvalue weighted by Crippen LogP contribution is -2.23. The minimum absolute atomic E-state index is 0.172. The molecule has 114 valence electrons. The molecule has 1 amide bonds. The third-order valence-corrected chi connectivity index (χ3v) is 3.74. The number of carbonyl (C=O) groups is 1. The molecule has 2 aromatic heterocycles. The highest BCUT2D eigenvalue weighted by atomic mass is 16.3. The Morgan fingerprint density at radius 3 is 2.96 bits per heavy atom. The van der Waals surface area contributed by atoms with Crippen molar-refractivity contribution in [3.05, 3.63) is 53.9 Å². The monoisotopic (exact) mass is 307 g/mol. The smallest absolute Gasteiger partial charge is 0.270 e. The molecule has 0 unspecified atom stereocenters. The summed E-state index contributed by atoms with van der Waals surface area (Å²) in [6.45, 7) is 0.321. The van der Waals surface area contributed by atoms with Crippen LogP contribution < -0.4 is 5.32 Å². The summed E-state index contributed by atoms with van der Waals surface area (Å²) in [5, 5.41) is 27.7. The Morgan fingerprint density at radius 2 is 2.09 bits per heavy atom. The molecule has 23 heavy (non-hydrogen) atoms. The summed E-state index contributed by atoms with van der Waals surface area (Å²) in [7, 11) is 0. The highest BCUT2D eigenvalue weighted by Crippen LogP contribution is 2.24. The van der Waals surface area contributed by atoms with Crippen molar-refractivity contribution in [1.29, 1.82) is 0 Å². The number of aromatic nitrogens is 4. The van der Waals surface area contributed by atoms with E-state index in [0.717, 1.165) is 21.9 Å². The zero-order valence-electron chi connectivity index (χ0n) is 12.0. The molecular formula is C16H13N5O2. The van der Waals surface area contributed by atoms with Crippen molar-refractivity contribution in [3.63, 3.8) is 0 Å². The lowest BCUT2D eigenvalue weighted by molar-refractivity contribution is 0.0947. The van der Waals surface area contributed by atoms with E-state index in [2.05, 4.69) is 25.7 Å². The van der Waals surface area contributed by atoms with Gasteiger partial charge in [0.1, 0.15) is 17.0 Å². The highest BCUT2D eigenvalue weighted by Gasteiger charge is 2.15.